The second-order valence-corrected chi connectivity index (χ2v) is 4.49. The number of benzene rings is 1. The molecule has 0 bridgehead atoms. The van der Waals surface area contributed by atoms with Gasteiger partial charge in [0.15, 0.2) is 0 Å². The van der Waals surface area contributed by atoms with Crippen LogP contribution in [0.5, 0.6) is 0 Å². The predicted octanol–water partition coefficient (Wildman–Crippen LogP) is 0.322. The van der Waals surface area contributed by atoms with Crippen LogP contribution >= 0.6 is 0 Å². The van der Waals surface area contributed by atoms with E-state index in [0.29, 0.717) is 19.7 Å². The van der Waals surface area contributed by atoms with Crippen LogP contribution in [0.4, 0.5) is 0 Å². The summed E-state index contributed by atoms with van der Waals surface area (Å²) in [4.78, 5) is 12.0. The average molecular weight is 260 g/mol. The number of hydrogen-bond donors (Lipinski definition) is 1. The van der Waals surface area contributed by atoms with Gasteiger partial charge in [-0.15, -0.1) is 0 Å². The van der Waals surface area contributed by atoms with Gasteiger partial charge in [0.1, 0.15) is 12.6 Å². The van der Waals surface area contributed by atoms with Crippen molar-refractivity contribution in [1.82, 2.24) is 19.7 Å². The maximum atomic E-state index is 12.0. The summed E-state index contributed by atoms with van der Waals surface area (Å²) in [6, 6.07) is 9.87. The molecule has 0 unspecified atom stereocenters. The zero-order chi connectivity index (χ0) is 13.1. The number of rotatable bonds is 4. The molecule has 6 heteroatoms. The third kappa shape index (κ3) is 2.59. The van der Waals surface area contributed by atoms with Crippen LogP contribution in [0.25, 0.3) is 0 Å². The van der Waals surface area contributed by atoms with Crippen LogP contribution in [0.2, 0.25) is 0 Å². The summed E-state index contributed by atoms with van der Waals surface area (Å²) in [6.45, 7) is 2.79. The molecule has 1 aromatic heterocycles. The van der Waals surface area contributed by atoms with E-state index in [1.807, 2.05) is 30.3 Å². The van der Waals surface area contributed by atoms with Gasteiger partial charge in [-0.05, 0) is 5.56 Å². The van der Waals surface area contributed by atoms with Crippen molar-refractivity contribution < 1.29 is 4.74 Å². The Kier molecular flexibility index (Phi) is 3.43. The van der Waals surface area contributed by atoms with E-state index in [1.54, 1.807) is 4.57 Å². The van der Waals surface area contributed by atoms with Crippen LogP contribution in [0.15, 0.2) is 35.1 Å². The SMILES string of the molecule is O=c1n(COCc2ccccc2)nc2n1CCNC2. The summed E-state index contributed by atoms with van der Waals surface area (Å²) in [5.74, 6) is 0.777. The van der Waals surface area contributed by atoms with E-state index in [1.165, 1.54) is 4.68 Å². The maximum absolute atomic E-state index is 12.0. The third-order valence-electron chi connectivity index (χ3n) is 3.12. The lowest BCUT2D eigenvalue weighted by Gasteiger charge is -2.11. The fourth-order valence-corrected chi connectivity index (χ4v) is 2.14. The van der Waals surface area contributed by atoms with E-state index in [2.05, 4.69) is 10.4 Å². The summed E-state index contributed by atoms with van der Waals surface area (Å²) in [7, 11) is 0. The minimum Gasteiger partial charge on any atom is -0.354 e. The van der Waals surface area contributed by atoms with Crippen molar-refractivity contribution in [3.8, 4) is 0 Å². The monoisotopic (exact) mass is 260 g/mol. The second kappa shape index (κ2) is 5.38. The van der Waals surface area contributed by atoms with E-state index in [9.17, 15) is 4.79 Å². The highest BCUT2D eigenvalue weighted by Gasteiger charge is 2.15. The molecule has 1 aliphatic heterocycles. The topological polar surface area (TPSA) is 61.1 Å². The van der Waals surface area contributed by atoms with E-state index < -0.39 is 0 Å². The molecule has 0 spiro atoms. The van der Waals surface area contributed by atoms with Gasteiger partial charge >= 0.3 is 5.69 Å². The molecule has 6 nitrogen and oxygen atoms in total. The van der Waals surface area contributed by atoms with Gasteiger partial charge in [0, 0.05) is 13.1 Å². The molecular formula is C13H16N4O2. The summed E-state index contributed by atoms with van der Waals surface area (Å²) in [5, 5.41) is 7.45. The first-order chi connectivity index (χ1) is 9.34. The summed E-state index contributed by atoms with van der Waals surface area (Å²) in [6.07, 6.45) is 0. The van der Waals surface area contributed by atoms with Crippen LogP contribution < -0.4 is 11.0 Å². The quantitative estimate of drug-likeness (QED) is 0.860. The Balaban J connectivity index is 1.64. The Morgan fingerprint density at radius 2 is 2.16 bits per heavy atom. The molecule has 0 radical (unpaired) electrons. The standard InChI is InChI=1S/C13H16N4O2/c18-13-16-7-6-14-8-12(16)15-17(13)10-19-9-11-4-2-1-3-5-11/h1-5,14H,6-10H2. The molecule has 19 heavy (non-hydrogen) atoms. The van der Waals surface area contributed by atoms with Gasteiger partial charge < -0.3 is 10.1 Å². The van der Waals surface area contributed by atoms with Crippen molar-refractivity contribution >= 4 is 0 Å². The van der Waals surface area contributed by atoms with E-state index in [-0.39, 0.29) is 12.4 Å². The van der Waals surface area contributed by atoms with Gasteiger partial charge in [0.2, 0.25) is 0 Å². The zero-order valence-electron chi connectivity index (χ0n) is 10.6. The highest BCUT2D eigenvalue weighted by molar-refractivity contribution is 5.13. The van der Waals surface area contributed by atoms with Gasteiger partial charge in [-0.25, -0.2) is 4.79 Å². The molecule has 1 aliphatic rings. The smallest absolute Gasteiger partial charge is 0.348 e. The number of fused-ring (bicyclic) bond motifs is 1. The van der Waals surface area contributed by atoms with Crippen molar-refractivity contribution in [3.63, 3.8) is 0 Å². The van der Waals surface area contributed by atoms with Gasteiger partial charge in [0.05, 0.1) is 13.2 Å². The van der Waals surface area contributed by atoms with Crippen molar-refractivity contribution in [2.75, 3.05) is 6.54 Å². The predicted molar refractivity (Wildman–Crippen MR) is 69.4 cm³/mol. The minimum absolute atomic E-state index is 0.0930. The zero-order valence-corrected chi connectivity index (χ0v) is 10.6. The second-order valence-electron chi connectivity index (χ2n) is 4.49. The van der Waals surface area contributed by atoms with E-state index in [4.69, 9.17) is 4.74 Å². The van der Waals surface area contributed by atoms with Crippen molar-refractivity contribution in [1.29, 1.82) is 0 Å². The van der Waals surface area contributed by atoms with Crippen molar-refractivity contribution in [2.45, 2.75) is 26.4 Å². The molecular weight excluding hydrogens is 244 g/mol. The maximum Gasteiger partial charge on any atom is 0.348 e. The lowest BCUT2D eigenvalue weighted by molar-refractivity contribution is 0.0532. The molecule has 100 valence electrons. The first-order valence-electron chi connectivity index (χ1n) is 6.33. The Hall–Kier alpha value is -1.92. The van der Waals surface area contributed by atoms with Gasteiger partial charge in [0.25, 0.3) is 0 Å². The molecule has 2 heterocycles. The average Bonchev–Trinajstić information content (AvgIpc) is 2.78. The molecule has 1 N–H and O–H groups in total. The summed E-state index contributed by atoms with van der Waals surface area (Å²) < 4.78 is 8.61. The normalized spacial score (nSPS) is 14.3. The van der Waals surface area contributed by atoms with Crippen LogP contribution in [-0.4, -0.2) is 20.9 Å². The number of nitrogens with one attached hydrogen (secondary N) is 1. The largest absolute Gasteiger partial charge is 0.354 e. The molecule has 0 saturated heterocycles. The molecule has 0 aliphatic carbocycles. The van der Waals surface area contributed by atoms with Gasteiger partial charge in [-0.3, -0.25) is 4.57 Å². The molecule has 2 aromatic rings. The number of nitrogens with zero attached hydrogens (tertiary/aromatic N) is 3. The number of hydrogen-bond acceptors (Lipinski definition) is 4. The lowest BCUT2D eigenvalue weighted by atomic mass is 10.2. The Labute approximate surface area is 110 Å². The Morgan fingerprint density at radius 3 is 2.95 bits per heavy atom. The number of aromatic nitrogens is 3. The highest BCUT2D eigenvalue weighted by Crippen LogP contribution is 2.02. The van der Waals surface area contributed by atoms with Crippen LogP contribution in [0.3, 0.4) is 0 Å². The fourth-order valence-electron chi connectivity index (χ4n) is 2.14. The first-order valence-corrected chi connectivity index (χ1v) is 6.33. The highest BCUT2D eigenvalue weighted by atomic mass is 16.5. The van der Waals surface area contributed by atoms with Crippen LogP contribution in [0, 0.1) is 0 Å². The van der Waals surface area contributed by atoms with Crippen molar-refractivity contribution in [2.24, 2.45) is 0 Å². The third-order valence-corrected chi connectivity index (χ3v) is 3.12. The van der Waals surface area contributed by atoms with Crippen LogP contribution in [-0.2, 0) is 31.2 Å². The molecule has 0 fully saturated rings. The van der Waals surface area contributed by atoms with Gasteiger partial charge in [-0.2, -0.15) is 9.78 Å². The Bertz CT molecular complexity index is 603. The van der Waals surface area contributed by atoms with Crippen molar-refractivity contribution in [3.05, 3.63) is 52.2 Å². The molecule has 1 aromatic carbocycles. The number of ether oxygens (including phenoxy) is 1. The molecule has 3 rings (SSSR count). The summed E-state index contributed by atoms with van der Waals surface area (Å²) in [5.41, 5.74) is 0.991. The lowest BCUT2D eigenvalue weighted by Crippen LogP contribution is -2.34. The molecule has 0 saturated carbocycles. The summed E-state index contributed by atoms with van der Waals surface area (Å²) >= 11 is 0. The molecule has 0 amide bonds. The fraction of sp³-hybridized carbons (Fsp3) is 0.385. The minimum atomic E-state index is -0.0930. The van der Waals surface area contributed by atoms with E-state index in [0.717, 1.165) is 17.9 Å². The van der Waals surface area contributed by atoms with E-state index >= 15 is 0 Å². The first kappa shape index (κ1) is 12.1. The van der Waals surface area contributed by atoms with Crippen LogP contribution in [0.1, 0.15) is 11.4 Å². The van der Waals surface area contributed by atoms with Gasteiger partial charge in [-0.1, -0.05) is 30.3 Å². The molecule has 0 atom stereocenters. The Morgan fingerprint density at radius 1 is 1.32 bits per heavy atom.